The molecule has 0 N–H and O–H groups in total. The summed E-state index contributed by atoms with van der Waals surface area (Å²) in [6.07, 6.45) is 5.29. The number of hydrogen-bond donors (Lipinski definition) is 0. The van der Waals surface area contributed by atoms with Crippen LogP contribution in [0.25, 0.3) is 16.7 Å². The van der Waals surface area contributed by atoms with Crippen LogP contribution in [0.4, 0.5) is 4.39 Å². The summed E-state index contributed by atoms with van der Waals surface area (Å²) in [4.78, 5) is 31.5. The molecule has 0 bridgehead atoms. The van der Waals surface area contributed by atoms with Crippen molar-refractivity contribution in [1.82, 2.24) is 19.0 Å². The Labute approximate surface area is 189 Å². The first-order valence-electron chi connectivity index (χ1n) is 10.6. The Morgan fingerprint density at radius 2 is 1.94 bits per heavy atom. The van der Waals surface area contributed by atoms with Gasteiger partial charge in [0.25, 0.3) is 0 Å². The molecule has 166 valence electrons. The number of halogens is 1. The summed E-state index contributed by atoms with van der Waals surface area (Å²) in [5.74, 6) is 0.398. The van der Waals surface area contributed by atoms with Gasteiger partial charge in [0.15, 0.2) is 0 Å². The third-order valence-corrected chi connectivity index (χ3v) is 5.82. The number of hydrogen-bond acceptors (Lipinski definition) is 4. The summed E-state index contributed by atoms with van der Waals surface area (Å²) in [5.41, 5.74) is 1.89. The van der Waals surface area contributed by atoms with Crippen molar-refractivity contribution in [2.24, 2.45) is 0 Å². The van der Waals surface area contributed by atoms with E-state index in [-0.39, 0.29) is 23.5 Å². The molecular weight excluding hydrogens is 423 g/mol. The lowest BCUT2D eigenvalue weighted by Crippen LogP contribution is -2.31. The van der Waals surface area contributed by atoms with Crippen LogP contribution in [0.1, 0.15) is 12.5 Å². The van der Waals surface area contributed by atoms with Gasteiger partial charge in [-0.05, 0) is 55.0 Å². The zero-order valence-corrected chi connectivity index (χ0v) is 17.7. The van der Waals surface area contributed by atoms with E-state index in [0.717, 1.165) is 5.52 Å². The summed E-state index contributed by atoms with van der Waals surface area (Å²) in [7, 11) is 0. The van der Waals surface area contributed by atoms with E-state index in [1.165, 1.54) is 18.2 Å². The monoisotopic (exact) mass is 444 g/mol. The summed E-state index contributed by atoms with van der Waals surface area (Å²) in [6, 6.07) is 14.6. The summed E-state index contributed by atoms with van der Waals surface area (Å²) in [5, 5.41) is 0. The van der Waals surface area contributed by atoms with Gasteiger partial charge < -0.3 is 9.64 Å². The van der Waals surface area contributed by atoms with Crippen molar-refractivity contribution in [3.05, 3.63) is 95.9 Å². The molecule has 1 aliphatic rings. The lowest BCUT2D eigenvalue weighted by atomic mass is 10.2. The van der Waals surface area contributed by atoms with Crippen LogP contribution in [0, 0.1) is 5.82 Å². The highest BCUT2D eigenvalue weighted by Crippen LogP contribution is 2.28. The van der Waals surface area contributed by atoms with Crippen LogP contribution in [0.15, 0.2) is 84.4 Å². The van der Waals surface area contributed by atoms with E-state index in [1.54, 1.807) is 62.8 Å². The number of carbonyl (C=O) groups excluding carboxylic acids is 1. The van der Waals surface area contributed by atoms with Gasteiger partial charge in [-0.2, -0.15) is 0 Å². The quantitative estimate of drug-likeness (QED) is 0.435. The second-order valence-electron chi connectivity index (χ2n) is 7.84. The minimum Gasteiger partial charge on any atom is -0.457 e. The first-order chi connectivity index (χ1) is 16.0. The van der Waals surface area contributed by atoms with Crippen LogP contribution >= 0.6 is 0 Å². The summed E-state index contributed by atoms with van der Waals surface area (Å²) >= 11 is 0. The fraction of sp³-hybridized carbons (Fsp3) is 0.160. The minimum absolute atomic E-state index is 0.134. The van der Waals surface area contributed by atoms with Crippen molar-refractivity contribution >= 4 is 16.9 Å². The molecule has 0 saturated carbocycles. The van der Waals surface area contributed by atoms with Crippen molar-refractivity contribution in [1.29, 1.82) is 0 Å². The first kappa shape index (κ1) is 20.7. The fourth-order valence-corrected chi connectivity index (χ4v) is 4.28. The number of imidazole rings is 1. The van der Waals surface area contributed by atoms with E-state index in [2.05, 4.69) is 11.6 Å². The smallest absolute Gasteiger partial charge is 0.334 e. The zero-order valence-electron chi connectivity index (χ0n) is 17.7. The van der Waals surface area contributed by atoms with E-state index >= 15 is 0 Å². The van der Waals surface area contributed by atoms with Crippen LogP contribution in [0.2, 0.25) is 0 Å². The molecular formula is C25H21FN4O3. The number of pyridine rings is 1. The van der Waals surface area contributed by atoms with E-state index in [4.69, 9.17) is 4.74 Å². The van der Waals surface area contributed by atoms with Crippen LogP contribution in [-0.4, -0.2) is 38.0 Å². The Bertz CT molecular complexity index is 1410. The normalized spacial score (nSPS) is 15.7. The number of nitrogens with zero attached hydrogens (tertiary/aromatic N) is 4. The maximum atomic E-state index is 13.5. The molecule has 2 aromatic heterocycles. The van der Waals surface area contributed by atoms with E-state index in [0.29, 0.717) is 42.2 Å². The average Bonchev–Trinajstić information content (AvgIpc) is 3.41. The van der Waals surface area contributed by atoms with Gasteiger partial charge in [-0.15, -0.1) is 0 Å². The third kappa shape index (κ3) is 3.80. The number of carbonyl (C=O) groups is 1. The van der Waals surface area contributed by atoms with Crippen molar-refractivity contribution in [2.75, 3.05) is 13.1 Å². The Balaban J connectivity index is 1.50. The van der Waals surface area contributed by atoms with Gasteiger partial charge in [-0.1, -0.05) is 12.6 Å². The lowest BCUT2D eigenvalue weighted by molar-refractivity contribution is -0.125. The topological polar surface area (TPSA) is 69.4 Å². The number of aromatic nitrogens is 3. The number of ether oxygens (including phenoxy) is 1. The van der Waals surface area contributed by atoms with Gasteiger partial charge in [0.2, 0.25) is 5.91 Å². The number of fused-ring (bicyclic) bond motifs is 1. The van der Waals surface area contributed by atoms with Crippen molar-refractivity contribution in [2.45, 2.75) is 12.5 Å². The molecule has 8 heteroatoms. The van der Waals surface area contributed by atoms with Gasteiger partial charge in [-0.3, -0.25) is 18.9 Å². The third-order valence-electron chi connectivity index (χ3n) is 5.82. The van der Waals surface area contributed by atoms with Crippen LogP contribution in [0.5, 0.6) is 11.5 Å². The standard InChI is InChI=1S/C25H21FN4O3/c1-2-24(31)28-13-11-19(16-28)30-22-10-12-27-15-23(22)29(25(30)32)18-6-8-20(9-7-18)33-21-5-3-4-17(26)14-21/h2-10,12,14-15,19H,1,11,13,16H2/t19-/m1/s1. The van der Waals surface area contributed by atoms with Crippen LogP contribution < -0.4 is 10.4 Å². The molecule has 5 rings (SSSR count). The Hall–Kier alpha value is -4.20. The molecule has 33 heavy (non-hydrogen) atoms. The van der Waals surface area contributed by atoms with Crippen LogP contribution in [0.3, 0.4) is 0 Å². The molecule has 1 aliphatic heterocycles. The molecule has 2 aromatic carbocycles. The predicted molar refractivity (Wildman–Crippen MR) is 122 cm³/mol. The predicted octanol–water partition coefficient (Wildman–Crippen LogP) is 4.08. The van der Waals surface area contributed by atoms with E-state index < -0.39 is 0 Å². The SMILES string of the molecule is C=CC(=O)N1CC[C@@H](n2c(=O)n(-c3ccc(Oc4cccc(F)c4)cc3)c3cnccc32)C1. The number of likely N-dealkylation sites (tertiary alicyclic amines) is 1. The molecule has 0 unspecified atom stereocenters. The molecule has 0 spiro atoms. The summed E-state index contributed by atoms with van der Waals surface area (Å²) < 4.78 is 22.5. The lowest BCUT2D eigenvalue weighted by Gasteiger charge is -2.15. The molecule has 4 aromatic rings. The molecule has 1 saturated heterocycles. The molecule has 1 fully saturated rings. The zero-order chi connectivity index (χ0) is 22.9. The maximum Gasteiger partial charge on any atom is 0.334 e. The average molecular weight is 444 g/mol. The van der Waals surface area contributed by atoms with Crippen LogP contribution in [-0.2, 0) is 4.79 Å². The molecule has 3 heterocycles. The van der Waals surface area contributed by atoms with Crippen molar-refractivity contribution in [3.63, 3.8) is 0 Å². The highest BCUT2D eigenvalue weighted by molar-refractivity contribution is 5.87. The molecule has 1 atom stereocenters. The van der Waals surface area contributed by atoms with E-state index in [9.17, 15) is 14.0 Å². The number of benzene rings is 2. The largest absolute Gasteiger partial charge is 0.457 e. The highest BCUT2D eigenvalue weighted by atomic mass is 19.1. The molecule has 0 radical (unpaired) electrons. The number of amides is 1. The van der Waals surface area contributed by atoms with Crippen molar-refractivity contribution < 1.29 is 13.9 Å². The van der Waals surface area contributed by atoms with Gasteiger partial charge in [0.05, 0.1) is 29.0 Å². The van der Waals surface area contributed by atoms with Crippen molar-refractivity contribution in [3.8, 4) is 17.2 Å². The Kier molecular flexibility index (Phi) is 5.26. The second-order valence-corrected chi connectivity index (χ2v) is 7.84. The van der Waals surface area contributed by atoms with Gasteiger partial charge in [0, 0.05) is 25.4 Å². The van der Waals surface area contributed by atoms with Gasteiger partial charge >= 0.3 is 5.69 Å². The molecule has 1 amide bonds. The Morgan fingerprint density at radius 3 is 2.70 bits per heavy atom. The second kappa shape index (κ2) is 8.38. The highest BCUT2D eigenvalue weighted by Gasteiger charge is 2.29. The van der Waals surface area contributed by atoms with E-state index in [1.807, 2.05) is 6.07 Å². The maximum absolute atomic E-state index is 13.5. The molecule has 7 nitrogen and oxygen atoms in total. The molecule has 0 aliphatic carbocycles. The Morgan fingerprint density at radius 1 is 1.12 bits per heavy atom. The van der Waals surface area contributed by atoms with Gasteiger partial charge in [-0.25, -0.2) is 9.18 Å². The minimum atomic E-state index is -0.378. The number of rotatable bonds is 5. The summed E-state index contributed by atoms with van der Waals surface area (Å²) in [6.45, 7) is 4.58. The first-order valence-corrected chi connectivity index (χ1v) is 10.6. The fourth-order valence-electron chi connectivity index (χ4n) is 4.28. The van der Waals surface area contributed by atoms with Gasteiger partial charge in [0.1, 0.15) is 17.3 Å².